The van der Waals surface area contributed by atoms with Gasteiger partial charge in [-0.15, -0.1) is 0 Å². The summed E-state index contributed by atoms with van der Waals surface area (Å²) < 4.78 is 0. The summed E-state index contributed by atoms with van der Waals surface area (Å²) in [6.45, 7) is 0.625. The van der Waals surface area contributed by atoms with E-state index in [1.807, 2.05) is 11.8 Å². The molecule has 0 bridgehead atoms. The van der Waals surface area contributed by atoms with E-state index < -0.39 is 5.91 Å². The lowest BCUT2D eigenvalue weighted by Crippen LogP contribution is -2.31. The van der Waals surface area contributed by atoms with Crippen LogP contribution in [0, 0.1) is 0 Å². The fraction of sp³-hybridized carbons (Fsp3) is 0.500. The molecule has 1 aromatic rings. The monoisotopic (exact) mass is 355 g/mol. The number of nitrogens with two attached hydrogens (primary N) is 1. The highest BCUT2D eigenvalue weighted by molar-refractivity contribution is 7.99. The van der Waals surface area contributed by atoms with E-state index in [1.165, 1.54) is 44.2 Å². The molecule has 5 nitrogen and oxygen atoms in total. The first-order valence-electron chi connectivity index (χ1n) is 7.82. The highest BCUT2D eigenvalue weighted by atomic mass is 35.5. The number of hydrogen-bond donors (Lipinski definition) is 3. The summed E-state index contributed by atoms with van der Waals surface area (Å²) in [5.74, 6) is 0.324. The van der Waals surface area contributed by atoms with Gasteiger partial charge in [0.1, 0.15) is 0 Å². The third-order valence-electron chi connectivity index (χ3n) is 3.79. The van der Waals surface area contributed by atoms with E-state index in [-0.39, 0.29) is 16.6 Å². The van der Waals surface area contributed by atoms with Crippen LogP contribution in [0.3, 0.4) is 0 Å². The fourth-order valence-corrected chi connectivity index (χ4v) is 4.08. The molecule has 23 heavy (non-hydrogen) atoms. The number of halogens is 1. The second-order valence-corrected chi connectivity index (χ2v) is 7.39. The molecule has 0 saturated heterocycles. The number of hydrogen-bond acceptors (Lipinski definition) is 3. The molecular weight excluding hydrogens is 334 g/mol. The van der Waals surface area contributed by atoms with Gasteiger partial charge in [0.05, 0.1) is 10.6 Å². The minimum atomic E-state index is -0.592. The molecule has 3 amide bonds. The molecular formula is C16H22ClN3O2S. The summed E-state index contributed by atoms with van der Waals surface area (Å²) in [7, 11) is 0. The number of primary amides is 1. The number of carbonyl (C=O) groups excluding carboxylic acids is 2. The highest BCUT2D eigenvalue weighted by Crippen LogP contribution is 2.27. The highest BCUT2D eigenvalue weighted by Gasteiger charge is 2.13. The van der Waals surface area contributed by atoms with Crippen molar-refractivity contribution in [2.24, 2.45) is 5.73 Å². The Morgan fingerprint density at radius 1 is 1.26 bits per heavy atom. The number of thioether (sulfide) groups is 1. The van der Waals surface area contributed by atoms with Gasteiger partial charge in [-0.05, 0) is 31.0 Å². The first kappa shape index (κ1) is 17.9. The maximum absolute atomic E-state index is 11.8. The van der Waals surface area contributed by atoms with E-state index in [9.17, 15) is 9.59 Å². The van der Waals surface area contributed by atoms with Crippen LogP contribution < -0.4 is 16.4 Å². The van der Waals surface area contributed by atoms with Gasteiger partial charge in [0.15, 0.2) is 0 Å². The van der Waals surface area contributed by atoms with Crippen LogP contribution in [0.5, 0.6) is 0 Å². The zero-order valence-electron chi connectivity index (χ0n) is 12.9. The lowest BCUT2D eigenvalue weighted by Gasteiger charge is -2.20. The van der Waals surface area contributed by atoms with Gasteiger partial charge in [-0.1, -0.05) is 30.9 Å². The predicted octanol–water partition coefficient (Wildman–Crippen LogP) is 3.63. The number of anilines is 1. The second-order valence-electron chi connectivity index (χ2n) is 5.57. The van der Waals surface area contributed by atoms with Crippen LogP contribution in [-0.4, -0.2) is 29.5 Å². The average Bonchev–Trinajstić information content (AvgIpc) is 2.52. The molecule has 126 valence electrons. The zero-order valence-corrected chi connectivity index (χ0v) is 14.5. The molecule has 0 heterocycles. The van der Waals surface area contributed by atoms with Crippen molar-refractivity contribution in [3.05, 3.63) is 28.8 Å². The van der Waals surface area contributed by atoms with Crippen molar-refractivity contribution >= 4 is 41.0 Å². The van der Waals surface area contributed by atoms with Crippen LogP contribution in [-0.2, 0) is 0 Å². The van der Waals surface area contributed by atoms with Gasteiger partial charge in [0, 0.05) is 23.2 Å². The SMILES string of the molecule is NC(=O)c1ccc(NC(=O)NCCSC2CCCCC2)cc1Cl. The molecule has 4 N–H and O–H groups in total. The molecule has 0 unspecified atom stereocenters. The van der Waals surface area contributed by atoms with Crippen molar-refractivity contribution in [3.63, 3.8) is 0 Å². The summed E-state index contributed by atoms with van der Waals surface area (Å²) in [6, 6.07) is 4.33. The Labute approximate surface area is 145 Å². The summed E-state index contributed by atoms with van der Waals surface area (Å²) in [4.78, 5) is 22.9. The van der Waals surface area contributed by atoms with Crippen molar-refractivity contribution in [1.29, 1.82) is 0 Å². The molecule has 0 aliphatic heterocycles. The van der Waals surface area contributed by atoms with Crippen LogP contribution in [0.2, 0.25) is 5.02 Å². The van der Waals surface area contributed by atoms with Crippen molar-refractivity contribution in [2.75, 3.05) is 17.6 Å². The quantitative estimate of drug-likeness (QED) is 0.681. The van der Waals surface area contributed by atoms with Gasteiger partial charge in [-0.3, -0.25) is 4.79 Å². The molecule has 1 fully saturated rings. The van der Waals surface area contributed by atoms with E-state index in [0.717, 1.165) is 11.0 Å². The second kappa shape index (κ2) is 9.03. The Bertz CT molecular complexity index is 562. The maximum Gasteiger partial charge on any atom is 0.319 e. The Morgan fingerprint density at radius 2 is 2.00 bits per heavy atom. The van der Waals surface area contributed by atoms with Crippen molar-refractivity contribution in [3.8, 4) is 0 Å². The fourth-order valence-electron chi connectivity index (χ4n) is 2.59. The van der Waals surface area contributed by atoms with Crippen molar-refractivity contribution < 1.29 is 9.59 Å². The van der Waals surface area contributed by atoms with Crippen molar-refractivity contribution in [2.45, 2.75) is 37.4 Å². The topological polar surface area (TPSA) is 84.2 Å². The normalized spacial score (nSPS) is 15.2. The third-order valence-corrected chi connectivity index (χ3v) is 5.48. The lowest BCUT2D eigenvalue weighted by molar-refractivity contribution is 0.100. The largest absolute Gasteiger partial charge is 0.366 e. The lowest BCUT2D eigenvalue weighted by atomic mass is 10.0. The number of amides is 3. The van der Waals surface area contributed by atoms with E-state index in [1.54, 1.807) is 6.07 Å². The minimum absolute atomic E-state index is 0.225. The van der Waals surface area contributed by atoms with E-state index in [2.05, 4.69) is 10.6 Å². The van der Waals surface area contributed by atoms with Gasteiger partial charge in [0.25, 0.3) is 0 Å². The Hall–Kier alpha value is -1.40. The Morgan fingerprint density at radius 3 is 2.65 bits per heavy atom. The summed E-state index contributed by atoms with van der Waals surface area (Å²) in [5.41, 5.74) is 5.95. The summed E-state index contributed by atoms with van der Waals surface area (Å²) >= 11 is 7.88. The number of benzene rings is 1. The Kier molecular flexibility index (Phi) is 7.05. The molecule has 2 rings (SSSR count). The molecule has 1 aliphatic carbocycles. The van der Waals surface area contributed by atoms with E-state index >= 15 is 0 Å². The Balaban J connectivity index is 1.70. The number of rotatable bonds is 6. The number of urea groups is 1. The summed E-state index contributed by atoms with van der Waals surface area (Å²) in [5, 5.41) is 6.48. The van der Waals surface area contributed by atoms with Crippen LogP contribution in [0.4, 0.5) is 10.5 Å². The predicted molar refractivity (Wildman–Crippen MR) is 96.3 cm³/mol. The average molecular weight is 356 g/mol. The molecule has 1 aromatic carbocycles. The van der Waals surface area contributed by atoms with E-state index in [4.69, 9.17) is 17.3 Å². The standard InChI is InChI=1S/C16H22ClN3O2S/c17-14-10-11(6-7-13(14)15(18)21)20-16(22)19-8-9-23-12-4-2-1-3-5-12/h6-7,10,12H,1-5,8-9H2,(H2,18,21)(H2,19,20,22). The summed E-state index contributed by atoms with van der Waals surface area (Å²) in [6.07, 6.45) is 6.60. The number of carbonyl (C=O) groups is 2. The number of nitrogens with one attached hydrogen (secondary N) is 2. The van der Waals surface area contributed by atoms with Crippen LogP contribution in [0.1, 0.15) is 42.5 Å². The molecule has 1 saturated carbocycles. The maximum atomic E-state index is 11.8. The molecule has 0 atom stereocenters. The molecule has 0 radical (unpaired) electrons. The smallest absolute Gasteiger partial charge is 0.319 e. The van der Waals surface area contributed by atoms with Gasteiger partial charge in [-0.25, -0.2) is 4.79 Å². The molecule has 0 spiro atoms. The first-order valence-corrected chi connectivity index (χ1v) is 9.25. The van der Waals surface area contributed by atoms with Crippen LogP contribution >= 0.6 is 23.4 Å². The third kappa shape index (κ3) is 5.95. The van der Waals surface area contributed by atoms with Gasteiger partial charge in [-0.2, -0.15) is 11.8 Å². The van der Waals surface area contributed by atoms with E-state index in [0.29, 0.717) is 12.2 Å². The van der Waals surface area contributed by atoms with Gasteiger partial charge >= 0.3 is 6.03 Å². The molecule has 7 heteroatoms. The van der Waals surface area contributed by atoms with Gasteiger partial charge in [0.2, 0.25) is 5.91 Å². The minimum Gasteiger partial charge on any atom is -0.366 e. The molecule has 1 aliphatic rings. The van der Waals surface area contributed by atoms with Crippen LogP contribution in [0.15, 0.2) is 18.2 Å². The first-order chi connectivity index (χ1) is 11.1. The van der Waals surface area contributed by atoms with Gasteiger partial charge < -0.3 is 16.4 Å². The zero-order chi connectivity index (χ0) is 16.7. The van der Waals surface area contributed by atoms with Crippen LogP contribution in [0.25, 0.3) is 0 Å². The van der Waals surface area contributed by atoms with Crippen molar-refractivity contribution in [1.82, 2.24) is 5.32 Å². The molecule has 0 aromatic heterocycles.